The molecule has 1 aliphatic rings. The van der Waals surface area contributed by atoms with Gasteiger partial charge in [0.2, 0.25) is 0 Å². The second-order valence-electron chi connectivity index (χ2n) is 8.79. The van der Waals surface area contributed by atoms with Crippen molar-refractivity contribution < 1.29 is 4.79 Å². The van der Waals surface area contributed by atoms with Gasteiger partial charge in [0.1, 0.15) is 12.0 Å². The third-order valence-corrected chi connectivity index (χ3v) is 6.73. The smallest absolute Gasteiger partial charge is 0.269 e. The van der Waals surface area contributed by atoms with Gasteiger partial charge in [-0.15, -0.1) is 0 Å². The molecule has 0 unspecified atom stereocenters. The third-order valence-electron chi connectivity index (χ3n) is 6.47. The van der Waals surface area contributed by atoms with Gasteiger partial charge in [0.05, 0.1) is 6.04 Å². The molecule has 1 aliphatic heterocycles. The van der Waals surface area contributed by atoms with E-state index in [0.717, 1.165) is 26.2 Å². The second-order valence-corrected chi connectivity index (χ2v) is 9.23. The molecule has 0 atom stereocenters. The van der Waals surface area contributed by atoms with Crippen LogP contribution in [0.25, 0.3) is 0 Å². The van der Waals surface area contributed by atoms with E-state index < -0.39 is 0 Å². The quantitative estimate of drug-likeness (QED) is 0.315. The normalized spacial score (nSPS) is 13.9. The molecule has 1 saturated heterocycles. The molecule has 1 aromatic heterocycles. The Balaban J connectivity index is 1.27. The summed E-state index contributed by atoms with van der Waals surface area (Å²) in [5.74, 6) is 0.674. The summed E-state index contributed by atoms with van der Waals surface area (Å²) in [6, 6.07) is 28.0. The number of carbonyl (C=O) groups excluding carboxylic acids is 1. The van der Waals surface area contributed by atoms with E-state index in [1.165, 1.54) is 17.5 Å². The molecule has 0 bridgehead atoms. The molecule has 188 valence electrons. The van der Waals surface area contributed by atoms with Crippen molar-refractivity contribution in [3.05, 3.63) is 113 Å². The van der Waals surface area contributed by atoms with E-state index in [1.807, 2.05) is 12.1 Å². The van der Waals surface area contributed by atoms with Crippen LogP contribution in [0.2, 0.25) is 5.02 Å². The monoisotopic (exact) mass is 513 g/mol. The first-order valence-electron chi connectivity index (χ1n) is 12.1. The number of rotatable bonds is 7. The third kappa shape index (κ3) is 5.66. The number of nitrogens with one attached hydrogen (secondary N) is 2. The van der Waals surface area contributed by atoms with Crippen LogP contribution in [0.4, 0.5) is 17.3 Å². The zero-order valence-corrected chi connectivity index (χ0v) is 21.0. The molecule has 8 nitrogen and oxygen atoms in total. The predicted molar refractivity (Wildman–Crippen MR) is 147 cm³/mol. The molecule has 1 fully saturated rings. The summed E-state index contributed by atoms with van der Waals surface area (Å²) >= 11 is 5.90. The fourth-order valence-electron chi connectivity index (χ4n) is 4.60. The maximum absolute atomic E-state index is 12.4. The standard InChI is InChI=1S/C28H28ClN7O/c29-23-13-11-22(12-14-23)28(37)34-33-26-24(30)27(32-19-31-26)36-17-15-35(16-18-36)25(20-7-3-1-4-8-20)21-9-5-2-6-10-21/h1-14,19,25H,15-18,30H2,(H,34,37)(H,31,32,33). The van der Waals surface area contributed by atoms with Gasteiger partial charge in [-0.3, -0.25) is 20.5 Å². The molecule has 2 heterocycles. The fourth-order valence-corrected chi connectivity index (χ4v) is 4.73. The molecular weight excluding hydrogens is 486 g/mol. The fraction of sp³-hybridized carbons (Fsp3) is 0.179. The Morgan fingerprint density at radius 2 is 1.43 bits per heavy atom. The number of halogens is 1. The number of benzene rings is 3. The van der Waals surface area contributed by atoms with Crippen LogP contribution in [0.5, 0.6) is 0 Å². The van der Waals surface area contributed by atoms with E-state index in [4.69, 9.17) is 17.3 Å². The molecule has 0 aliphatic carbocycles. The number of anilines is 3. The van der Waals surface area contributed by atoms with Crippen molar-refractivity contribution in [2.45, 2.75) is 6.04 Å². The predicted octanol–water partition coefficient (Wildman–Crippen LogP) is 4.38. The number of piperazine rings is 1. The summed E-state index contributed by atoms with van der Waals surface area (Å²) in [5.41, 5.74) is 15.3. The average Bonchev–Trinajstić information content (AvgIpc) is 2.94. The molecule has 5 rings (SSSR count). The number of hydrazine groups is 1. The van der Waals surface area contributed by atoms with E-state index in [-0.39, 0.29) is 11.9 Å². The number of nitrogens with zero attached hydrogens (tertiary/aromatic N) is 4. The summed E-state index contributed by atoms with van der Waals surface area (Å²) in [4.78, 5) is 25.8. The van der Waals surface area contributed by atoms with Gasteiger partial charge in [-0.25, -0.2) is 9.97 Å². The summed E-state index contributed by atoms with van der Waals surface area (Å²) in [7, 11) is 0. The van der Waals surface area contributed by atoms with Crippen LogP contribution >= 0.6 is 11.6 Å². The maximum atomic E-state index is 12.4. The van der Waals surface area contributed by atoms with Crippen LogP contribution in [0.15, 0.2) is 91.3 Å². The lowest BCUT2D eigenvalue weighted by atomic mass is 9.96. The highest BCUT2D eigenvalue weighted by atomic mass is 35.5. The lowest BCUT2D eigenvalue weighted by molar-refractivity contribution is 0.0962. The molecule has 4 N–H and O–H groups in total. The maximum Gasteiger partial charge on any atom is 0.269 e. The minimum atomic E-state index is -0.322. The van der Waals surface area contributed by atoms with Gasteiger partial charge < -0.3 is 10.6 Å². The number of amides is 1. The first-order chi connectivity index (χ1) is 18.1. The van der Waals surface area contributed by atoms with Crippen LogP contribution in [-0.2, 0) is 0 Å². The highest BCUT2D eigenvalue weighted by Gasteiger charge is 2.28. The Morgan fingerprint density at radius 3 is 2.03 bits per heavy atom. The largest absolute Gasteiger partial charge is 0.393 e. The minimum absolute atomic E-state index is 0.174. The SMILES string of the molecule is Nc1c(NNC(=O)c2ccc(Cl)cc2)ncnc1N1CCN(C(c2ccccc2)c2ccccc2)CC1. The van der Waals surface area contributed by atoms with E-state index in [1.54, 1.807) is 24.3 Å². The minimum Gasteiger partial charge on any atom is -0.393 e. The summed E-state index contributed by atoms with van der Waals surface area (Å²) in [6.07, 6.45) is 1.45. The summed E-state index contributed by atoms with van der Waals surface area (Å²) in [6.45, 7) is 3.20. The van der Waals surface area contributed by atoms with E-state index >= 15 is 0 Å². The van der Waals surface area contributed by atoms with Crippen molar-refractivity contribution in [1.82, 2.24) is 20.3 Å². The Bertz CT molecular complexity index is 1290. The Kier molecular flexibility index (Phi) is 7.49. The van der Waals surface area contributed by atoms with Crippen molar-refractivity contribution in [3.63, 3.8) is 0 Å². The number of nitrogen functional groups attached to an aromatic ring is 1. The van der Waals surface area contributed by atoms with Crippen LogP contribution in [0, 0.1) is 0 Å². The number of hydrogen-bond donors (Lipinski definition) is 3. The summed E-state index contributed by atoms with van der Waals surface area (Å²) < 4.78 is 0. The van der Waals surface area contributed by atoms with Crippen molar-refractivity contribution in [2.24, 2.45) is 0 Å². The van der Waals surface area contributed by atoms with Gasteiger partial charge in [0.25, 0.3) is 5.91 Å². The average molecular weight is 514 g/mol. The highest BCUT2D eigenvalue weighted by molar-refractivity contribution is 6.30. The van der Waals surface area contributed by atoms with Crippen molar-refractivity contribution in [3.8, 4) is 0 Å². The number of hydrogen-bond acceptors (Lipinski definition) is 7. The Labute approximate surface area is 221 Å². The summed E-state index contributed by atoms with van der Waals surface area (Å²) in [5, 5.41) is 0.563. The number of aromatic nitrogens is 2. The van der Waals surface area contributed by atoms with Gasteiger partial charge in [-0.1, -0.05) is 72.3 Å². The van der Waals surface area contributed by atoms with Gasteiger partial charge >= 0.3 is 0 Å². The molecule has 0 radical (unpaired) electrons. The van der Waals surface area contributed by atoms with E-state index in [0.29, 0.717) is 27.9 Å². The zero-order valence-electron chi connectivity index (χ0n) is 20.2. The first-order valence-corrected chi connectivity index (χ1v) is 12.5. The zero-order chi connectivity index (χ0) is 25.6. The molecule has 3 aromatic carbocycles. The first kappa shape index (κ1) is 24.5. The van der Waals surface area contributed by atoms with Crippen LogP contribution < -0.4 is 21.5 Å². The number of nitrogens with two attached hydrogens (primary N) is 1. The molecule has 9 heteroatoms. The van der Waals surface area contributed by atoms with Crippen molar-refractivity contribution in [2.75, 3.05) is 42.2 Å². The van der Waals surface area contributed by atoms with E-state index in [9.17, 15) is 4.79 Å². The molecule has 0 spiro atoms. The molecule has 4 aromatic rings. The van der Waals surface area contributed by atoms with Crippen LogP contribution in [0.1, 0.15) is 27.5 Å². The molecule has 0 saturated carbocycles. The highest BCUT2D eigenvalue weighted by Crippen LogP contribution is 2.32. The molecule has 37 heavy (non-hydrogen) atoms. The van der Waals surface area contributed by atoms with Gasteiger partial charge in [-0.2, -0.15) is 0 Å². The molecular formula is C28H28ClN7O. The van der Waals surface area contributed by atoms with Crippen molar-refractivity contribution in [1.29, 1.82) is 0 Å². The Morgan fingerprint density at radius 1 is 0.838 bits per heavy atom. The topological polar surface area (TPSA) is 99.4 Å². The van der Waals surface area contributed by atoms with Crippen LogP contribution in [-0.4, -0.2) is 47.0 Å². The lowest BCUT2D eigenvalue weighted by Crippen LogP contribution is -2.48. The van der Waals surface area contributed by atoms with Crippen molar-refractivity contribution >= 4 is 34.8 Å². The lowest BCUT2D eigenvalue weighted by Gasteiger charge is -2.40. The Hall–Kier alpha value is -4.14. The van der Waals surface area contributed by atoms with Gasteiger partial charge in [0, 0.05) is 36.8 Å². The van der Waals surface area contributed by atoms with Crippen LogP contribution in [0.3, 0.4) is 0 Å². The van der Waals surface area contributed by atoms with E-state index in [2.05, 4.69) is 79.2 Å². The molecule has 1 amide bonds. The van der Waals surface area contributed by atoms with Gasteiger partial charge in [-0.05, 0) is 35.4 Å². The van der Waals surface area contributed by atoms with Gasteiger partial charge in [0.15, 0.2) is 11.6 Å². The second kappa shape index (κ2) is 11.3. The number of carbonyl (C=O) groups is 1.